The number of para-hydroxylation sites is 1. The minimum absolute atomic E-state index is 0.468. The zero-order valence-corrected chi connectivity index (χ0v) is 12.8. The minimum atomic E-state index is 0.468. The largest absolute Gasteiger partial charge is 0.421 e. The molecule has 1 aliphatic rings. The van der Waals surface area contributed by atoms with E-state index in [4.69, 9.17) is 4.42 Å². The highest BCUT2D eigenvalue weighted by Crippen LogP contribution is 2.31. The highest BCUT2D eigenvalue weighted by molar-refractivity contribution is 5.72. The van der Waals surface area contributed by atoms with Crippen LogP contribution in [0.4, 0.5) is 5.69 Å². The molecule has 112 valence electrons. The van der Waals surface area contributed by atoms with Crippen LogP contribution in [0.15, 0.2) is 28.7 Å². The van der Waals surface area contributed by atoms with Gasteiger partial charge >= 0.3 is 0 Å². The fourth-order valence-corrected chi connectivity index (χ4v) is 3.20. The van der Waals surface area contributed by atoms with E-state index in [1.54, 1.807) is 0 Å². The Morgan fingerprint density at radius 2 is 1.90 bits per heavy atom. The number of hydrogen-bond donors (Lipinski definition) is 1. The summed E-state index contributed by atoms with van der Waals surface area (Å²) in [5.41, 5.74) is 2.07. The number of nitrogens with zero attached hydrogens (tertiary/aromatic N) is 2. The van der Waals surface area contributed by atoms with Gasteiger partial charge in [0.15, 0.2) is 0 Å². The summed E-state index contributed by atoms with van der Waals surface area (Å²) >= 11 is 0. The molecule has 1 fully saturated rings. The number of aromatic nitrogens is 2. The van der Waals surface area contributed by atoms with Gasteiger partial charge < -0.3 is 9.73 Å². The standard InChI is InChI=1S/C17H23N3O/c1-12(14-8-4-3-5-9-14)18-16-11-7-6-10-15(16)17-20-19-13(2)21-17/h6-7,10-12,14,18H,3-5,8-9H2,1-2H3. The van der Waals surface area contributed by atoms with Gasteiger partial charge in [-0.2, -0.15) is 0 Å². The van der Waals surface area contributed by atoms with Crippen molar-refractivity contribution >= 4 is 5.69 Å². The molecule has 1 aromatic heterocycles. The highest BCUT2D eigenvalue weighted by Gasteiger charge is 2.21. The number of nitrogens with one attached hydrogen (secondary N) is 1. The molecule has 0 spiro atoms. The van der Waals surface area contributed by atoms with Gasteiger partial charge in [0.25, 0.3) is 0 Å². The quantitative estimate of drug-likeness (QED) is 0.903. The molecule has 4 heteroatoms. The van der Waals surface area contributed by atoms with Gasteiger partial charge in [0.05, 0.1) is 5.56 Å². The van der Waals surface area contributed by atoms with Crippen LogP contribution in [0.1, 0.15) is 44.9 Å². The minimum Gasteiger partial charge on any atom is -0.421 e. The molecular formula is C17H23N3O. The monoisotopic (exact) mass is 285 g/mol. The third-order valence-corrected chi connectivity index (χ3v) is 4.42. The summed E-state index contributed by atoms with van der Waals surface area (Å²) in [6, 6.07) is 8.64. The van der Waals surface area contributed by atoms with E-state index in [1.165, 1.54) is 32.1 Å². The predicted octanol–water partition coefficient (Wildman–Crippen LogP) is 4.43. The van der Waals surface area contributed by atoms with Gasteiger partial charge in [-0.1, -0.05) is 31.4 Å². The van der Waals surface area contributed by atoms with Crippen molar-refractivity contribution in [1.29, 1.82) is 0 Å². The predicted molar refractivity (Wildman–Crippen MR) is 84.1 cm³/mol. The third kappa shape index (κ3) is 3.26. The molecule has 0 amide bonds. The van der Waals surface area contributed by atoms with E-state index < -0.39 is 0 Å². The van der Waals surface area contributed by atoms with Crippen LogP contribution in [0.3, 0.4) is 0 Å². The maximum atomic E-state index is 5.58. The average molecular weight is 285 g/mol. The average Bonchev–Trinajstić information content (AvgIpc) is 2.95. The molecule has 3 rings (SSSR count). The van der Waals surface area contributed by atoms with E-state index in [0.29, 0.717) is 17.8 Å². The van der Waals surface area contributed by atoms with Gasteiger partial charge in [0, 0.05) is 18.7 Å². The molecular weight excluding hydrogens is 262 g/mol. The molecule has 1 unspecified atom stereocenters. The first-order valence-corrected chi connectivity index (χ1v) is 7.90. The molecule has 1 aromatic carbocycles. The molecule has 0 aliphatic heterocycles. The van der Waals surface area contributed by atoms with Crippen molar-refractivity contribution in [2.24, 2.45) is 5.92 Å². The van der Waals surface area contributed by atoms with E-state index in [9.17, 15) is 0 Å². The van der Waals surface area contributed by atoms with Crippen LogP contribution in [0.5, 0.6) is 0 Å². The van der Waals surface area contributed by atoms with Crippen molar-refractivity contribution in [2.75, 3.05) is 5.32 Å². The molecule has 21 heavy (non-hydrogen) atoms. The SMILES string of the molecule is Cc1nnc(-c2ccccc2NC(C)C2CCCCC2)o1. The topological polar surface area (TPSA) is 51.0 Å². The summed E-state index contributed by atoms with van der Waals surface area (Å²) in [7, 11) is 0. The maximum Gasteiger partial charge on any atom is 0.249 e. The van der Waals surface area contributed by atoms with Crippen LogP contribution in [0, 0.1) is 12.8 Å². The molecule has 1 heterocycles. The Morgan fingerprint density at radius 1 is 1.14 bits per heavy atom. The van der Waals surface area contributed by atoms with Gasteiger partial charge in [-0.25, -0.2) is 0 Å². The number of anilines is 1. The lowest BCUT2D eigenvalue weighted by atomic mass is 9.84. The molecule has 4 nitrogen and oxygen atoms in total. The summed E-state index contributed by atoms with van der Waals surface area (Å²) in [5.74, 6) is 1.95. The molecule has 1 saturated carbocycles. The van der Waals surface area contributed by atoms with Crippen molar-refractivity contribution in [2.45, 2.75) is 52.0 Å². The van der Waals surface area contributed by atoms with Crippen molar-refractivity contribution in [3.05, 3.63) is 30.2 Å². The Hall–Kier alpha value is -1.84. The molecule has 1 N–H and O–H groups in total. The first kappa shape index (κ1) is 14.1. The van der Waals surface area contributed by atoms with Crippen LogP contribution in [0.2, 0.25) is 0 Å². The van der Waals surface area contributed by atoms with E-state index >= 15 is 0 Å². The van der Waals surface area contributed by atoms with Crippen LogP contribution in [-0.2, 0) is 0 Å². The normalized spacial score (nSPS) is 17.6. The zero-order chi connectivity index (χ0) is 14.7. The Bertz CT molecular complexity index is 587. The lowest BCUT2D eigenvalue weighted by Crippen LogP contribution is -2.27. The van der Waals surface area contributed by atoms with Crippen molar-refractivity contribution in [3.8, 4) is 11.5 Å². The van der Waals surface area contributed by atoms with Gasteiger partial charge in [-0.3, -0.25) is 0 Å². The number of benzene rings is 1. The molecule has 0 saturated heterocycles. The number of hydrogen-bond acceptors (Lipinski definition) is 4. The first-order valence-electron chi connectivity index (χ1n) is 7.90. The summed E-state index contributed by atoms with van der Waals surface area (Å²) in [6.45, 7) is 4.10. The van der Waals surface area contributed by atoms with Crippen LogP contribution in [-0.4, -0.2) is 16.2 Å². The third-order valence-electron chi connectivity index (χ3n) is 4.42. The van der Waals surface area contributed by atoms with Crippen molar-refractivity contribution in [3.63, 3.8) is 0 Å². The second-order valence-electron chi connectivity index (χ2n) is 6.00. The molecule has 0 bridgehead atoms. The van der Waals surface area contributed by atoms with Crippen LogP contribution in [0.25, 0.3) is 11.5 Å². The fraction of sp³-hybridized carbons (Fsp3) is 0.529. The smallest absolute Gasteiger partial charge is 0.249 e. The number of rotatable bonds is 4. The van der Waals surface area contributed by atoms with Gasteiger partial charge in [-0.15, -0.1) is 10.2 Å². The lowest BCUT2D eigenvalue weighted by molar-refractivity contribution is 0.328. The van der Waals surface area contributed by atoms with Gasteiger partial charge in [0.2, 0.25) is 11.8 Å². The van der Waals surface area contributed by atoms with E-state index in [-0.39, 0.29) is 0 Å². The van der Waals surface area contributed by atoms with Gasteiger partial charge in [-0.05, 0) is 37.8 Å². The number of aryl methyl sites for hydroxylation is 1. The Balaban J connectivity index is 1.79. The fourth-order valence-electron chi connectivity index (χ4n) is 3.20. The molecule has 1 aliphatic carbocycles. The molecule has 2 aromatic rings. The highest BCUT2D eigenvalue weighted by atomic mass is 16.4. The first-order chi connectivity index (χ1) is 10.2. The Labute approximate surface area is 126 Å². The van der Waals surface area contributed by atoms with E-state index in [1.807, 2.05) is 25.1 Å². The Morgan fingerprint density at radius 3 is 2.62 bits per heavy atom. The van der Waals surface area contributed by atoms with Crippen molar-refractivity contribution in [1.82, 2.24) is 10.2 Å². The maximum absolute atomic E-state index is 5.58. The second-order valence-corrected chi connectivity index (χ2v) is 6.00. The summed E-state index contributed by atoms with van der Waals surface area (Å²) in [5, 5.41) is 11.7. The van der Waals surface area contributed by atoms with E-state index in [2.05, 4.69) is 28.5 Å². The van der Waals surface area contributed by atoms with Crippen LogP contribution < -0.4 is 5.32 Å². The van der Waals surface area contributed by atoms with Gasteiger partial charge in [0.1, 0.15) is 0 Å². The second kappa shape index (κ2) is 6.29. The molecule has 1 atom stereocenters. The summed E-state index contributed by atoms with van der Waals surface area (Å²) in [4.78, 5) is 0. The summed E-state index contributed by atoms with van der Waals surface area (Å²) in [6.07, 6.45) is 6.77. The van der Waals surface area contributed by atoms with E-state index in [0.717, 1.165) is 17.2 Å². The Kier molecular flexibility index (Phi) is 4.23. The molecule has 0 radical (unpaired) electrons. The zero-order valence-electron chi connectivity index (χ0n) is 12.8. The van der Waals surface area contributed by atoms with Crippen molar-refractivity contribution < 1.29 is 4.42 Å². The lowest BCUT2D eigenvalue weighted by Gasteiger charge is -2.29. The summed E-state index contributed by atoms with van der Waals surface area (Å²) < 4.78 is 5.58. The van der Waals surface area contributed by atoms with Crippen LogP contribution >= 0.6 is 0 Å².